The average Bonchev–Trinajstić information content (AvgIpc) is 3.21. The van der Waals surface area contributed by atoms with Gasteiger partial charge in [-0.1, -0.05) is 0 Å². The van der Waals surface area contributed by atoms with Crippen LogP contribution in [0.1, 0.15) is 31.2 Å². The van der Waals surface area contributed by atoms with Crippen LogP contribution in [0.4, 0.5) is 0 Å². The highest BCUT2D eigenvalue weighted by Crippen LogP contribution is 2.38. The molecule has 2 aliphatic heterocycles. The van der Waals surface area contributed by atoms with Crippen molar-refractivity contribution in [1.82, 2.24) is 4.90 Å². The number of piperidine rings is 1. The fourth-order valence-electron chi connectivity index (χ4n) is 4.24. The molecule has 1 aromatic carbocycles. The third kappa shape index (κ3) is 4.06. The second-order valence-electron chi connectivity index (χ2n) is 7.29. The van der Waals surface area contributed by atoms with Gasteiger partial charge in [0.2, 0.25) is 11.7 Å². The Bertz CT molecular complexity index is 603. The molecule has 0 saturated carbocycles. The maximum Gasteiger partial charge on any atom is 0.231 e. The molecule has 0 aliphatic carbocycles. The molecule has 144 valence electrons. The molecular weight excluding hydrogens is 332 g/mol. The second-order valence-corrected chi connectivity index (χ2v) is 7.29. The Kier molecular flexibility index (Phi) is 6.25. The minimum Gasteiger partial charge on any atom is -0.493 e. The summed E-state index contributed by atoms with van der Waals surface area (Å²) in [6.45, 7) is 4.75. The Labute approximate surface area is 156 Å². The molecule has 0 aromatic heterocycles. The normalized spacial score (nSPS) is 23.0. The highest BCUT2D eigenvalue weighted by Gasteiger charge is 2.33. The molecule has 1 N–H and O–H groups in total. The molecule has 26 heavy (non-hydrogen) atoms. The van der Waals surface area contributed by atoms with Gasteiger partial charge in [-0.15, -0.1) is 0 Å². The van der Waals surface area contributed by atoms with Gasteiger partial charge in [0.25, 0.3) is 0 Å². The topological polar surface area (TPSA) is 52.4 Å². The lowest BCUT2D eigenvalue weighted by Gasteiger charge is -2.31. The Balaban J connectivity index is 1.69. The number of likely N-dealkylation sites (tertiary alicyclic amines) is 2. The molecule has 2 heterocycles. The van der Waals surface area contributed by atoms with Crippen molar-refractivity contribution in [3.63, 3.8) is 0 Å². The summed E-state index contributed by atoms with van der Waals surface area (Å²) >= 11 is 0. The minimum absolute atomic E-state index is 0.166. The first-order valence-electron chi connectivity index (χ1n) is 9.57. The van der Waals surface area contributed by atoms with Crippen molar-refractivity contribution in [2.45, 2.75) is 32.2 Å². The van der Waals surface area contributed by atoms with Gasteiger partial charge in [0.15, 0.2) is 11.5 Å². The second kappa shape index (κ2) is 8.62. The number of nitrogens with one attached hydrogen (secondary N) is 1. The number of amides is 1. The predicted molar refractivity (Wildman–Crippen MR) is 99.0 cm³/mol. The average molecular weight is 363 g/mol. The van der Waals surface area contributed by atoms with Crippen molar-refractivity contribution in [1.29, 1.82) is 0 Å². The van der Waals surface area contributed by atoms with Crippen molar-refractivity contribution in [2.75, 3.05) is 47.5 Å². The lowest BCUT2D eigenvalue weighted by molar-refractivity contribution is -0.921. The van der Waals surface area contributed by atoms with Crippen LogP contribution >= 0.6 is 0 Å². The smallest absolute Gasteiger partial charge is 0.231 e. The number of hydrogen-bond acceptors (Lipinski definition) is 4. The highest BCUT2D eigenvalue weighted by molar-refractivity contribution is 5.79. The predicted octanol–water partition coefficient (Wildman–Crippen LogP) is 1.13. The summed E-state index contributed by atoms with van der Waals surface area (Å²) < 4.78 is 16.3. The van der Waals surface area contributed by atoms with Gasteiger partial charge in [0, 0.05) is 18.7 Å². The monoisotopic (exact) mass is 363 g/mol. The van der Waals surface area contributed by atoms with E-state index in [0.717, 1.165) is 64.0 Å². The number of benzene rings is 1. The van der Waals surface area contributed by atoms with E-state index < -0.39 is 0 Å². The number of methoxy groups -OCH3 is 3. The molecule has 6 heteroatoms. The van der Waals surface area contributed by atoms with Crippen LogP contribution in [0.15, 0.2) is 12.1 Å². The first kappa shape index (κ1) is 18.8. The molecule has 0 spiro atoms. The summed E-state index contributed by atoms with van der Waals surface area (Å²) in [5, 5.41) is 0. The summed E-state index contributed by atoms with van der Waals surface area (Å²) in [4.78, 5) is 16.2. The van der Waals surface area contributed by atoms with Gasteiger partial charge < -0.3 is 24.0 Å². The molecule has 2 saturated heterocycles. The fourth-order valence-corrected chi connectivity index (χ4v) is 4.24. The lowest BCUT2D eigenvalue weighted by Crippen LogP contribution is -3.12. The number of carbonyl (C=O) groups excluding carboxylic acids is 1. The molecule has 3 rings (SSSR count). The first-order valence-corrected chi connectivity index (χ1v) is 9.57. The van der Waals surface area contributed by atoms with Crippen molar-refractivity contribution < 1.29 is 23.9 Å². The summed E-state index contributed by atoms with van der Waals surface area (Å²) in [5.41, 5.74) is 1.14. The third-order valence-electron chi connectivity index (χ3n) is 5.56. The number of ether oxygens (including phenoxy) is 3. The van der Waals surface area contributed by atoms with E-state index in [0.29, 0.717) is 23.2 Å². The van der Waals surface area contributed by atoms with Crippen LogP contribution in [0.25, 0.3) is 0 Å². The standard InChI is InChI=1S/C20H30N2O4/c1-24-17-11-15(12-18(25-2)19(17)26-3)13-21-8-6-7-16(14-21)20(23)22-9-4-5-10-22/h11-12,16H,4-10,13-14H2,1-3H3/p+1/t16-/m1/s1. The fraction of sp³-hybridized carbons (Fsp3) is 0.650. The highest BCUT2D eigenvalue weighted by atomic mass is 16.5. The zero-order chi connectivity index (χ0) is 18.5. The maximum atomic E-state index is 12.7. The van der Waals surface area contributed by atoms with E-state index in [1.54, 1.807) is 21.3 Å². The van der Waals surface area contributed by atoms with Gasteiger partial charge >= 0.3 is 0 Å². The van der Waals surface area contributed by atoms with Crippen molar-refractivity contribution in [3.8, 4) is 17.2 Å². The van der Waals surface area contributed by atoms with E-state index in [1.807, 2.05) is 12.1 Å². The molecule has 0 radical (unpaired) electrons. The Hall–Kier alpha value is -1.95. The van der Waals surface area contributed by atoms with E-state index >= 15 is 0 Å². The number of hydrogen-bond donors (Lipinski definition) is 1. The zero-order valence-electron chi connectivity index (χ0n) is 16.2. The summed E-state index contributed by atoms with van der Waals surface area (Å²) in [6.07, 6.45) is 4.43. The Morgan fingerprint density at radius 1 is 1.08 bits per heavy atom. The van der Waals surface area contributed by atoms with Gasteiger partial charge in [-0.3, -0.25) is 4.79 Å². The molecule has 2 fully saturated rings. The van der Waals surface area contributed by atoms with E-state index in [4.69, 9.17) is 14.2 Å². The van der Waals surface area contributed by atoms with Crippen LogP contribution in [0.2, 0.25) is 0 Å². The van der Waals surface area contributed by atoms with Gasteiger partial charge in [-0.25, -0.2) is 0 Å². The van der Waals surface area contributed by atoms with Crippen LogP contribution in [0.3, 0.4) is 0 Å². The van der Waals surface area contributed by atoms with Gasteiger partial charge in [0.05, 0.1) is 40.3 Å². The summed E-state index contributed by atoms with van der Waals surface area (Å²) in [7, 11) is 4.89. The van der Waals surface area contributed by atoms with Gasteiger partial charge in [0.1, 0.15) is 6.54 Å². The molecule has 2 atom stereocenters. The number of carbonyl (C=O) groups is 1. The minimum atomic E-state index is 0.166. The maximum absolute atomic E-state index is 12.7. The number of quaternary nitrogens is 1. The van der Waals surface area contributed by atoms with Gasteiger partial charge in [-0.05, 0) is 37.8 Å². The Morgan fingerprint density at radius 2 is 1.73 bits per heavy atom. The molecular formula is C20H31N2O4+. The molecule has 6 nitrogen and oxygen atoms in total. The SMILES string of the molecule is COc1cc(C[NH+]2CCC[C@@H](C(=O)N3CCCC3)C2)cc(OC)c1OC. The van der Waals surface area contributed by atoms with E-state index in [9.17, 15) is 4.79 Å². The number of nitrogens with zero attached hydrogens (tertiary/aromatic N) is 1. The van der Waals surface area contributed by atoms with Crippen LogP contribution in [0.5, 0.6) is 17.2 Å². The molecule has 0 bridgehead atoms. The first-order chi connectivity index (χ1) is 12.7. The molecule has 1 amide bonds. The molecule has 2 aliphatic rings. The van der Waals surface area contributed by atoms with E-state index in [2.05, 4.69) is 4.90 Å². The Morgan fingerprint density at radius 3 is 2.31 bits per heavy atom. The lowest BCUT2D eigenvalue weighted by atomic mass is 9.96. The summed E-state index contributed by atoms with van der Waals surface area (Å²) in [6, 6.07) is 4.03. The number of rotatable bonds is 6. The van der Waals surface area contributed by atoms with Crippen LogP contribution in [0, 0.1) is 5.92 Å². The van der Waals surface area contributed by atoms with Crippen molar-refractivity contribution in [3.05, 3.63) is 17.7 Å². The van der Waals surface area contributed by atoms with Crippen LogP contribution in [-0.4, -0.2) is 58.3 Å². The largest absolute Gasteiger partial charge is 0.493 e. The summed E-state index contributed by atoms with van der Waals surface area (Å²) in [5.74, 6) is 2.52. The van der Waals surface area contributed by atoms with Crippen molar-refractivity contribution >= 4 is 5.91 Å². The zero-order valence-corrected chi connectivity index (χ0v) is 16.2. The van der Waals surface area contributed by atoms with Gasteiger partial charge in [-0.2, -0.15) is 0 Å². The van der Waals surface area contributed by atoms with Crippen LogP contribution < -0.4 is 19.1 Å². The van der Waals surface area contributed by atoms with E-state index in [-0.39, 0.29) is 5.92 Å². The van der Waals surface area contributed by atoms with Crippen molar-refractivity contribution in [2.24, 2.45) is 5.92 Å². The quantitative estimate of drug-likeness (QED) is 0.823. The molecule has 1 unspecified atom stereocenters. The van der Waals surface area contributed by atoms with E-state index in [1.165, 1.54) is 4.90 Å². The third-order valence-corrected chi connectivity index (χ3v) is 5.56. The molecule has 1 aromatic rings. The van der Waals surface area contributed by atoms with Crippen LogP contribution in [-0.2, 0) is 11.3 Å².